The lowest BCUT2D eigenvalue weighted by atomic mass is 10.2. The first-order chi connectivity index (χ1) is 12.6. The van der Waals surface area contributed by atoms with E-state index in [1.54, 1.807) is 10.6 Å². The maximum atomic E-state index is 13.2. The van der Waals surface area contributed by atoms with E-state index in [1.807, 2.05) is 67.5 Å². The van der Waals surface area contributed by atoms with Gasteiger partial charge in [-0.3, -0.25) is 4.79 Å². The molecule has 0 radical (unpaired) electrons. The number of benzene rings is 2. The normalized spacial score (nSPS) is 11.3. The zero-order valence-electron chi connectivity index (χ0n) is 14.5. The van der Waals surface area contributed by atoms with Crippen molar-refractivity contribution in [3.63, 3.8) is 0 Å². The molecule has 0 aliphatic rings. The van der Waals surface area contributed by atoms with Crippen LogP contribution in [0.1, 0.15) is 5.01 Å². The lowest BCUT2D eigenvalue weighted by Gasteiger charge is -2.11. The van der Waals surface area contributed by atoms with E-state index in [0.29, 0.717) is 28.4 Å². The zero-order chi connectivity index (χ0) is 18.1. The second-order valence-corrected chi connectivity index (χ2v) is 7.22. The molecule has 0 aliphatic heterocycles. The van der Waals surface area contributed by atoms with Crippen LogP contribution in [0.3, 0.4) is 0 Å². The van der Waals surface area contributed by atoms with Crippen molar-refractivity contribution in [2.45, 2.75) is 6.54 Å². The Morgan fingerprint density at radius 2 is 1.73 bits per heavy atom. The summed E-state index contributed by atoms with van der Waals surface area (Å²) in [6.45, 7) is 0.675. The molecule has 0 spiro atoms. The molecular formula is C19H17N5OS. The van der Waals surface area contributed by atoms with Gasteiger partial charge in [0.25, 0.3) is 5.56 Å². The molecule has 0 aliphatic carbocycles. The van der Waals surface area contributed by atoms with Crippen molar-refractivity contribution in [3.05, 3.63) is 70.0 Å². The average molecular weight is 363 g/mol. The molecule has 0 atom stereocenters. The van der Waals surface area contributed by atoms with E-state index in [4.69, 9.17) is 4.98 Å². The number of aromatic nitrogens is 4. The van der Waals surface area contributed by atoms with Crippen LogP contribution in [0.4, 0.5) is 0 Å². The molecule has 0 unspecified atom stereocenters. The fourth-order valence-corrected chi connectivity index (χ4v) is 3.72. The van der Waals surface area contributed by atoms with Gasteiger partial charge in [0.05, 0.1) is 17.4 Å². The fourth-order valence-electron chi connectivity index (χ4n) is 2.76. The minimum Gasteiger partial charge on any atom is -0.303 e. The lowest BCUT2D eigenvalue weighted by molar-refractivity contribution is 0.400. The summed E-state index contributed by atoms with van der Waals surface area (Å²) in [7, 11) is 3.94. The van der Waals surface area contributed by atoms with E-state index in [0.717, 1.165) is 10.6 Å². The van der Waals surface area contributed by atoms with Crippen LogP contribution in [-0.2, 0) is 6.54 Å². The monoisotopic (exact) mass is 363 g/mol. The predicted octanol–water partition coefficient (Wildman–Crippen LogP) is 2.97. The van der Waals surface area contributed by atoms with Crippen LogP contribution in [-0.4, -0.2) is 38.7 Å². The molecule has 2 aromatic heterocycles. The third-order valence-electron chi connectivity index (χ3n) is 3.91. The molecule has 0 bridgehead atoms. The van der Waals surface area contributed by atoms with Gasteiger partial charge < -0.3 is 4.90 Å². The average Bonchev–Trinajstić information content (AvgIpc) is 3.09. The van der Waals surface area contributed by atoms with E-state index < -0.39 is 0 Å². The Morgan fingerprint density at radius 1 is 1.00 bits per heavy atom. The zero-order valence-corrected chi connectivity index (χ0v) is 15.3. The summed E-state index contributed by atoms with van der Waals surface area (Å²) >= 11 is 1.40. The van der Waals surface area contributed by atoms with Crippen LogP contribution in [0.5, 0.6) is 0 Å². The maximum absolute atomic E-state index is 13.2. The summed E-state index contributed by atoms with van der Waals surface area (Å²) in [5, 5.41) is 10.4. The molecule has 2 heterocycles. The molecule has 0 saturated carbocycles. The standard InChI is InChI=1S/C19H17N5OS/c1-23(2)12-16-21-22-19(26-16)24-17(13-8-4-3-5-9-13)20-15-11-7-6-10-14(15)18(24)25/h3-11H,12H2,1-2H3. The molecular weight excluding hydrogens is 346 g/mol. The Hall–Kier alpha value is -2.90. The van der Waals surface area contributed by atoms with Gasteiger partial charge >= 0.3 is 0 Å². The number of fused-ring (bicyclic) bond motifs is 1. The Morgan fingerprint density at radius 3 is 2.50 bits per heavy atom. The van der Waals surface area contributed by atoms with Gasteiger partial charge in [0.1, 0.15) is 10.8 Å². The molecule has 2 aromatic carbocycles. The van der Waals surface area contributed by atoms with Gasteiger partial charge in [0, 0.05) is 5.56 Å². The third-order valence-corrected chi connectivity index (χ3v) is 4.80. The van der Waals surface area contributed by atoms with Crippen molar-refractivity contribution in [1.82, 2.24) is 24.6 Å². The first-order valence-electron chi connectivity index (χ1n) is 8.18. The van der Waals surface area contributed by atoms with E-state index in [1.165, 1.54) is 11.3 Å². The van der Waals surface area contributed by atoms with E-state index in [2.05, 4.69) is 10.2 Å². The smallest absolute Gasteiger partial charge is 0.268 e. The largest absolute Gasteiger partial charge is 0.303 e. The topological polar surface area (TPSA) is 63.9 Å². The molecule has 26 heavy (non-hydrogen) atoms. The van der Waals surface area contributed by atoms with Crippen molar-refractivity contribution < 1.29 is 0 Å². The summed E-state index contributed by atoms with van der Waals surface area (Å²) in [5.74, 6) is 0.571. The van der Waals surface area contributed by atoms with Gasteiger partial charge in [-0.15, -0.1) is 10.2 Å². The van der Waals surface area contributed by atoms with Gasteiger partial charge in [-0.2, -0.15) is 0 Å². The summed E-state index contributed by atoms with van der Waals surface area (Å²) in [6, 6.07) is 17.0. The Bertz CT molecular complexity index is 1120. The van der Waals surface area contributed by atoms with Crippen LogP contribution >= 0.6 is 11.3 Å². The Labute approximate surface area is 154 Å². The van der Waals surface area contributed by atoms with Crippen LogP contribution in [0.25, 0.3) is 27.4 Å². The van der Waals surface area contributed by atoms with Gasteiger partial charge in [0.2, 0.25) is 5.13 Å². The van der Waals surface area contributed by atoms with Gasteiger partial charge in [-0.05, 0) is 26.2 Å². The maximum Gasteiger partial charge on any atom is 0.268 e. The van der Waals surface area contributed by atoms with E-state index in [-0.39, 0.29) is 5.56 Å². The first-order valence-corrected chi connectivity index (χ1v) is 9.00. The van der Waals surface area contributed by atoms with Crippen molar-refractivity contribution in [2.75, 3.05) is 14.1 Å². The molecule has 0 amide bonds. The van der Waals surface area contributed by atoms with Crippen LogP contribution in [0, 0.1) is 0 Å². The predicted molar refractivity (Wildman–Crippen MR) is 104 cm³/mol. The number of rotatable bonds is 4. The van der Waals surface area contributed by atoms with Crippen molar-refractivity contribution >= 4 is 22.2 Å². The van der Waals surface area contributed by atoms with E-state index >= 15 is 0 Å². The van der Waals surface area contributed by atoms with Crippen molar-refractivity contribution in [1.29, 1.82) is 0 Å². The SMILES string of the molecule is CN(C)Cc1nnc(-n2c(-c3ccccc3)nc3ccccc3c2=O)s1. The highest BCUT2D eigenvalue weighted by atomic mass is 32.1. The van der Waals surface area contributed by atoms with Crippen LogP contribution in [0.2, 0.25) is 0 Å². The highest BCUT2D eigenvalue weighted by Crippen LogP contribution is 2.24. The van der Waals surface area contributed by atoms with Gasteiger partial charge in [-0.1, -0.05) is 53.8 Å². The van der Waals surface area contributed by atoms with Crippen LogP contribution in [0.15, 0.2) is 59.4 Å². The summed E-state index contributed by atoms with van der Waals surface area (Å²) in [6.07, 6.45) is 0. The quantitative estimate of drug-likeness (QED) is 0.558. The molecule has 0 fully saturated rings. The summed E-state index contributed by atoms with van der Waals surface area (Å²) < 4.78 is 1.56. The second kappa shape index (κ2) is 6.78. The molecule has 130 valence electrons. The Kier molecular flexibility index (Phi) is 4.32. The number of para-hydroxylation sites is 1. The Balaban J connectivity index is 1.99. The summed E-state index contributed by atoms with van der Waals surface area (Å²) in [4.78, 5) is 20.0. The van der Waals surface area contributed by atoms with Gasteiger partial charge in [0.15, 0.2) is 0 Å². The highest BCUT2D eigenvalue weighted by Gasteiger charge is 2.17. The molecule has 6 nitrogen and oxygen atoms in total. The fraction of sp³-hybridized carbons (Fsp3) is 0.158. The van der Waals surface area contributed by atoms with Crippen molar-refractivity contribution in [2.24, 2.45) is 0 Å². The summed E-state index contributed by atoms with van der Waals surface area (Å²) in [5.41, 5.74) is 1.40. The molecule has 0 N–H and O–H groups in total. The minimum absolute atomic E-state index is 0.137. The van der Waals surface area contributed by atoms with Crippen LogP contribution < -0.4 is 5.56 Å². The lowest BCUT2D eigenvalue weighted by Crippen LogP contribution is -2.21. The highest BCUT2D eigenvalue weighted by molar-refractivity contribution is 7.13. The van der Waals surface area contributed by atoms with Crippen molar-refractivity contribution in [3.8, 4) is 16.5 Å². The second-order valence-electron chi connectivity index (χ2n) is 6.18. The van der Waals surface area contributed by atoms with Gasteiger partial charge in [-0.25, -0.2) is 9.55 Å². The first kappa shape index (κ1) is 16.6. The molecule has 7 heteroatoms. The number of hydrogen-bond donors (Lipinski definition) is 0. The minimum atomic E-state index is -0.137. The van der Waals surface area contributed by atoms with E-state index in [9.17, 15) is 4.79 Å². The third kappa shape index (κ3) is 3.02. The molecule has 4 rings (SSSR count). The number of nitrogens with zero attached hydrogens (tertiary/aromatic N) is 5. The number of hydrogen-bond acceptors (Lipinski definition) is 6. The molecule has 0 saturated heterocycles. The molecule has 4 aromatic rings.